The van der Waals surface area contributed by atoms with E-state index in [0.29, 0.717) is 13.0 Å². The van der Waals surface area contributed by atoms with Crippen molar-refractivity contribution in [1.82, 2.24) is 9.88 Å². The number of methoxy groups -OCH3 is 1. The summed E-state index contributed by atoms with van der Waals surface area (Å²) in [6.07, 6.45) is 3.35. The Bertz CT molecular complexity index is 630. The lowest BCUT2D eigenvalue weighted by atomic mass is 9.98. The zero-order valence-corrected chi connectivity index (χ0v) is 13.6. The Balaban J connectivity index is 1.82. The van der Waals surface area contributed by atoms with Gasteiger partial charge in [0.1, 0.15) is 0 Å². The van der Waals surface area contributed by atoms with Crippen LogP contribution in [-0.4, -0.2) is 42.1 Å². The number of carbonyl (C=O) groups excluding carboxylic acids is 1. The lowest BCUT2D eigenvalue weighted by Crippen LogP contribution is -2.41. The molecular formula is C18H25N3O2. The van der Waals surface area contributed by atoms with Crippen LogP contribution < -0.4 is 5.73 Å². The van der Waals surface area contributed by atoms with Crippen molar-refractivity contribution < 1.29 is 9.53 Å². The summed E-state index contributed by atoms with van der Waals surface area (Å²) in [7, 11) is 1.61. The number of aromatic amines is 1. The summed E-state index contributed by atoms with van der Waals surface area (Å²) >= 11 is 0. The highest BCUT2D eigenvalue weighted by molar-refractivity contribution is 5.81. The molecule has 0 saturated carbocycles. The Morgan fingerprint density at radius 2 is 2.26 bits per heavy atom. The molecule has 1 saturated heterocycles. The quantitative estimate of drug-likeness (QED) is 0.891. The molecule has 23 heavy (non-hydrogen) atoms. The zero-order valence-electron chi connectivity index (χ0n) is 13.6. The molecule has 1 fully saturated rings. The van der Waals surface area contributed by atoms with Gasteiger partial charge in [0.15, 0.2) is 0 Å². The Morgan fingerprint density at radius 1 is 1.43 bits per heavy atom. The first-order valence-corrected chi connectivity index (χ1v) is 8.33. The van der Waals surface area contributed by atoms with Gasteiger partial charge in [-0.3, -0.25) is 4.79 Å². The maximum Gasteiger partial charge on any atom is 0.225 e. The Labute approximate surface area is 136 Å². The number of benzene rings is 1. The molecule has 2 unspecified atom stereocenters. The fraction of sp³-hybridized carbons (Fsp3) is 0.500. The summed E-state index contributed by atoms with van der Waals surface area (Å²) in [6.45, 7) is 1.17. The molecule has 1 aliphatic rings. The monoisotopic (exact) mass is 315 g/mol. The van der Waals surface area contributed by atoms with Crippen molar-refractivity contribution in [3.05, 3.63) is 36.0 Å². The number of H-pyrrole nitrogens is 1. The molecule has 3 N–H and O–H groups in total. The smallest absolute Gasteiger partial charge is 0.225 e. The number of rotatable bonds is 5. The van der Waals surface area contributed by atoms with Crippen LogP contribution in [0.2, 0.25) is 0 Å². The van der Waals surface area contributed by atoms with Gasteiger partial charge in [-0.25, -0.2) is 0 Å². The molecule has 0 spiro atoms. The average Bonchev–Trinajstić information content (AvgIpc) is 3.03. The molecule has 0 radical (unpaired) electrons. The van der Waals surface area contributed by atoms with Crippen LogP contribution in [0.25, 0.3) is 10.9 Å². The van der Waals surface area contributed by atoms with Gasteiger partial charge in [0.25, 0.3) is 0 Å². The lowest BCUT2D eigenvalue weighted by Gasteiger charge is -2.36. The van der Waals surface area contributed by atoms with Crippen molar-refractivity contribution in [2.45, 2.75) is 37.8 Å². The number of ether oxygens (including phenoxy) is 1. The molecule has 1 amide bonds. The predicted octanol–water partition coefficient (Wildman–Crippen LogP) is 2.59. The fourth-order valence-corrected chi connectivity index (χ4v) is 3.40. The molecule has 2 heterocycles. The number of aromatic nitrogens is 1. The van der Waals surface area contributed by atoms with E-state index in [2.05, 4.69) is 23.2 Å². The third-order valence-electron chi connectivity index (χ3n) is 4.73. The van der Waals surface area contributed by atoms with Gasteiger partial charge in [0.2, 0.25) is 5.91 Å². The summed E-state index contributed by atoms with van der Waals surface area (Å²) in [4.78, 5) is 18.2. The standard InChI is InChI=1S/C18H25N3O2/c1-23-14(12-19)11-18(22)21-9-5-4-8-17(21)16-10-13-6-2-3-7-15(13)20-16/h2-3,6-7,10,14,17,20H,4-5,8-9,11-12,19H2,1H3. The van der Waals surface area contributed by atoms with E-state index in [1.807, 2.05) is 17.0 Å². The summed E-state index contributed by atoms with van der Waals surface area (Å²) in [5, 5.41) is 1.19. The van der Waals surface area contributed by atoms with Gasteiger partial charge in [0, 0.05) is 31.4 Å². The molecule has 3 rings (SSSR count). The number of fused-ring (bicyclic) bond motifs is 1. The minimum atomic E-state index is -0.201. The number of piperidine rings is 1. The molecule has 2 aromatic rings. The van der Waals surface area contributed by atoms with Crippen LogP contribution in [0, 0.1) is 0 Å². The second kappa shape index (κ2) is 7.15. The maximum atomic E-state index is 12.7. The highest BCUT2D eigenvalue weighted by atomic mass is 16.5. The van der Waals surface area contributed by atoms with Crippen molar-refractivity contribution in [2.75, 3.05) is 20.2 Å². The van der Waals surface area contributed by atoms with Crippen LogP contribution in [-0.2, 0) is 9.53 Å². The number of hydrogen-bond acceptors (Lipinski definition) is 3. The highest BCUT2D eigenvalue weighted by Crippen LogP contribution is 2.32. The molecule has 124 valence electrons. The second-order valence-electron chi connectivity index (χ2n) is 6.21. The molecule has 1 aromatic carbocycles. The molecule has 0 bridgehead atoms. The van der Waals surface area contributed by atoms with Crippen LogP contribution in [0.1, 0.15) is 37.4 Å². The lowest BCUT2D eigenvalue weighted by molar-refractivity contribution is -0.137. The molecule has 2 atom stereocenters. The Kier molecular flexibility index (Phi) is 4.98. The van der Waals surface area contributed by atoms with Crippen LogP contribution in [0.4, 0.5) is 0 Å². The number of para-hydroxylation sites is 1. The van der Waals surface area contributed by atoms with Crippen molar-refractivity contribution in [3.63, 3.8) is 0 Å². The number of nitrogens with two attached hydrogens (primary N) is 1. The van der Waals surface area contributed by atoms with E-state index in [-0.39, 0.29) is 18.1 Å². The molecule has 0 aliphatic carbocycles. The normalized spacial score (nSPS) is 19.9. The number of amides is 1. The number of likely N-dealkylation sites (tertiary alicyclic amines) is 1. The van der Waals surface area contributed by atoms with E-state index in [1.54, 1.807) is 7.11 Å². The number of carbonyl (C=O) groups is 1. The van der Waals surface area contributed by atoms with E-state index in [9.17, 15) is 4.79 Å². The SMILES string of the molecule is COC(CN)CC(=O)N1CCCCC1c1cc2ccccc2[nH]1. The molecule has 1 aromatic heterocycles. The van der Waals surface area contributed by atoms with Crippen molar-refractivity contribution in [3.8, 4) is 0 Å². The summed E-state index contributed by atoms with van der Waals surface area (Å²) in [5.41, 5.74) is 7.90. The van der Waals surface area contributed by atoms with Gasteiger partial charge in [-0.1, -0.05) is 18.2 Å². The van der Waals surface area contributed by atoms with Gasteiger partial charge < -0.3 is 20.4 Å². The first kappa shape index (κ1) is 16.0. The van der Waals surface area contributed by atoms with Crippen LogP contribution >= 0.6 is 0 Å². The predicted molar refractivity (Wildman–Crippen MR) is 91.1 cm³/mol. The summed E-state index contributed by atoms with van der Waals surface area (Å²) < 4.78 is 5.27. The second-order valence-corrected chi connectivity index (χ2v) is 6.21. The maximum absolute atomic E-state index is 12.7. The van der Waals surface area contributed by atoms with Crippen LogP contribution in [0.3, 0.4) is 0 Å². The molecule has 1 aliphatic heterocycles. The Morgan fingerprint density at radius 3 is 3.00 bits per heavy atom. The third-order valence-corrected chi connectivity index (χ3v) is 4.73. The van der Waals surface area contributed by atoms with Gasteiger partial charge >= 0.3 is 0 Å². The van der Waals surface area contributed by atoms with Gasteiger partial charge in [-0.15, -0.1) is 0 Å². The van der Waals surface area contributed by atoms with Gasteiger partial charge in [-0.2, -0.15) is 0 Å². The minimum Gasteiger partial charge on any atom is -0.380 e. The first-order chi connectivity index (χ1) is 11.2. The van der Waals surface area contributed by atoms with Crippen molar-refractivity contribution in [2.24, 2.45) is 5.73 Å². The van der Waals surface area contributed by atoms with Crippen LogP contribution in [0.5, 0.6) is 0 Å². The zero-order chi connectivity index (χ0) is 16.2. The van der Waals surface area contributed by atoms with Crippen molar-refractivity contribution >= 4 is 16.8 Å². The summed E-state index contributed by atoms with van der Waals surface area (Å²) in [5.74, 6) is 0.130. The fourth-order valence-electron chi connectivity index (χ4n) is 3.40. The van der Waals surface area contributed by atoms with Crippen molar-refractivity contribution in [1.29, 1.82) is 0 Å². The van der Waals surface area contributed by atoms with Crippen LogP contribution in [0.15, 0.2) is 30.3 Å². The van der Waals surface area contributed by atoms with E-state index in [0.717, 1.165) is 37.0 Å². The molecule has 5 heteroatoms. The summed E-state index contributed by atoms with van der Waals surface area (Å²) in [6, 6.07) is 10.5. The van der Waals surface area contributed by atoms with Gasteiger partial charge in [0.05, 0.1) is 18.6 Å². The highest BCUT2D eigenvalue weighted by Gasteiger charge is 2.30. The largest absolute Gasteiger partial charge is 0.380 e. The number of nitrogens with zero attached hydrogens (tertiary/aromatic N) is 1. The van der Waals surface area contributed by atoms with E-state index >= 15 is 0 Å². The van der Waals surface area contributed by atoms with Gasteiger partial charge in [-0.05, 0) is 36.8 Å². The average molecular weight is 315 g/mol. The number of nitrogens with one attached hydrogen (secondary N) is 1. The Hall–Kier alpha value is -1.85. The van der Waals surface area contributed by atoms with E-state index < -0.39 is 0 Å². The third kappa shape index (κ3) is 3.41. The minimum absolute atomic E-state index is 0.124. The van der Waals surface area contributed by atoms with E-state index in [4.69, 9.17) is 10.5 Å². The van der Waals surface area contributed by atoms with E-state index in [1.165, 1.54) is 5.39 Å². The molecule has 5 nitrogen and oxygen atoms in total. The molecular weight excluding hydrogens is 290 g/mol. The number of hydrogen-bond donors (Lipinski definition) is 2. The topological polar surface area (TPSA) is 71.3 Å². The first-order valence-electron chi connectivity index (χ1n) is 8.33.